The molecule has 0 aliphatic rings. The summed E-state index contributed by atoms with van der Waals surface area (Å²) in [5, 5.41) is 2.69. The number of amides is 1. The number of furan rings is 1. The molecule has 0 bridgehead atoms. The van der Waals surface area contributed by atoms with Gasteiger partial charge in [-0.25, -0.2) is 8.42 Å². The Hall–Kier alpha value is -2.42. The van der Waals surface area contributed by atoms with Crippen LogP contribution < -0.4 is 5.32 Å². The zero-order valence-corrected chi connectivity index (χ0v) is 17.3. The molecule has 3 aromatic rings. The lowest BCUT2D eigenvalue weighted by Crippen LogP contribution is -2.40. The molecule has 6 nitrogen and oxygen atoms in total. The van der Waals surface area contributed by atoms with E-state index in [0.29, 0.717) is 5.76 Å². The minimum absolute atomic E-state index is 0.0820. The van der Waals surface area contributed by atoms with Crippen molar-refractivity contribution in [2.24, 2.45) is 0 Å². The summed E-state index contributed by atoms with van der Waals surface area (Å²) < 4.78 is 33.4. The van der Waals surface area contributed by atoms with Crippen molar-refractivity contribution in [2.75, 3.05) is 6.54 Å². The van der Waals surface area contributed by atoms with Gasteiger partial charge in [0.15, 0.2) is 0 Å². The summed E-state index contributed by atoms with van der Waals surface area (Å²) in [6, 6.07) is 18.9. The molecule has 146 valence electrons. The quantitative estimate of drug-likeness (QED) is 0.554. The maximum atomic E-state index is 13.1. The van der Waals surface area contributed by atoms with Gasteiger partial charge < -0.3 is 9.73 Å². The minimum Gasteiger partial charge on any atom is -0.467 e. The van der Waals surface area contributed by atoms with Crippen LogP contribution in [0.3, 0.4) is 0 Å². The summed E-state index contributed by atoms with van der Waals surface area (Å²) in [6.45, 7) is -0.0178. The van der Waals surface area contributed by atoms with Gasteiger partial charge in [-0.1, -0.05) is 46.3 Å². The van der Waals surface area contributed by atoms with E-state index < -0.39 is 15.9 Å². The Morgan fingerprint density at radius 3 is 2.36 bits per heavy atom. The van der Waals surface area contributed by atoms with E-state index >= 15 is 0 Å². The van der Waals surface area contributed by atoms with Gasteiger partial charge >= 0.3 is 0 Å². The Bertz CT molecular complexity index is 1000. The molecule has 0 saturated heterocycles. The van der Waals surface area contributed by atoms with E-state index in [0.717, 1.165) is 10.0 Å². The molecule has 1 N–H and O–H groups in total. The van der Waals surface area contributed by atoms with Crippen LogP contribution >= 0.6 is 15.9 Å². The van der Waals surface area contributed by atoms with Crippen LogP contribution in [0.5, 0.6) is 0 Å². The van der Waals surface area contributed by atoms with Gasteiger partial charge in [0.25, 0.3) is 0 Å². The minimum atomic E-state index is -3.84. The lowest BCUT2D eigenvalue weighted by Gasteiger charge is -2.22. The number of benzene rings is 2. The molecular weight excluding hydrogens is 444 g/mol. The lowest BCUT2D eigenvalue weighted by atomic mass is 10.2. The fourth-order valence-electron chi connectivity index (χ4n) is 2.58. The third-order valence-corrected chi connectivity index (χ3v) is 6.35. The average molecular weight is 463 g/mol. The molecule has 3 rings (SSSR count). The van der Waals surface area contributed by atoms with Crippen LogP contribution in [0.1, 0.15) is 11.3 Å². The first-order valence-electron chi connectivity index (χ1n) is 8.54. The molecule has 28 heavy (non-hydrogen) atoms. The second-order valence-corrected chi connectivity index (χ2v) is 8.92. The third kappa shape index (κ3) is 5.31. The molecule has 0 atom stereocenters. The van der Waals surface area contributed by atoms with Crippen molar-refractivity contribution in [3.05, 3.63) is 88.8 Å². The van der Waals surface area contributed by atoms with Crippen molar-refractivity contribution in [1.82, 2.24) is 9.62 Å². The SMILES string of the molecule is O=C(CN(Cc1ccc(Br)cc1)S(=O)(=O)c1ccccc1)NCc1ccco1. The first kappa shape index (κ1) is 20.3. The summed E-state index contributed by atoms with van der Waals surface area (Å²) >= 11 is 3.36. The molecule has 0 fully saturated rings. The summed E-state index contributed by atoms with van der Waals surface area (Å²) in [4.78, 5) is 12.5. The van der Waals surface area contributed by atoms with Crippen LogP contribution in [-0.4, -0.2) is 25.2 Å². The predicted octanol–water partition coefficient (Wildman–Crippen LogP) is 3.55. The zero-order valence-electron chi connectivity index (χ0n) is 14.9. The fraction of sp³-hybridized carbons (Fsp3) is 0.150. The van der Waals surface area contributed by atoms with Crippen molar-refractivity contribution < 1.29 is 17.6 Å². The highest BCUT2D eigenvalue weighted by atomic mass is 79.9. The second-order valence-electron chi connectivity index (χ2n) is 6.07. The van der Waals surface area contributed by atoms with Crippen LogP contribution in [0.2, 0.25) is 0 Å². The number of nitrogens with zero attached hydrogens (tertiary/aromatic N) is 1. The summed E-state index contributed by atoms with van der Waals surface area (Å²) in [7, 11) is -3.84. The Kier molecular flexibility index (Phi) is 6.66. The van der Waals surface area contributed by atoms with Crippen LogP contribution in [0.4, 0.5) is 0 Å². The topological polar surface area (TPSA) is 79.6 Å². The molecule has 0 saturated carbocycles. The van der Waals surface area contributed by atoms with E-state index in [1.807, 2.05) is 24.3 Å². The molecule has 1 heterocycles. The van der Waals surface area contributed by atoms with Crippen LogP contribution in [0, 0.1) is 0 Å². The highest BCUT2D eigenvalue weighted by Gasteiger charge is 2.26. The van der Waals surface area contributed by atoms with Gasteiger partial charge in [-0.15, -0.1) is 0 Å². The summed E-state index contributed by atoms with van der Waals surface area (Å²) in [6.07, 6.45) is 1.52. The molecule has 8 heteroatoms. The van der Waals surface area contributed by atoms with E-state index in [1.54, 1.807) is 30.3 Å². The van der Waals surface area contributed by atoms with Gasteiger partial charge in [-0.3, -0.25) is 4.79 Å². The fourth-order valence-corrected chi connectivity index (χ4v) is 4.25. The number of halogens is 1. The van der Waals surface area contributed by atoms with Gasteiger partial charge in [0.2, 0.25) is 15.9 Å². The number of sulfonamides is 1. The van der Waals surface area contributed by atoms with E-state index in [-0.39, 0.29) is 24.5 Å². The number of carbonyl (C=O) groups is 1. The molecule has 0 aliphatic heterocycles. The van der Waals surface area contributed by atoms with Crippen molar-refractivity contribution >= 4 is 31.9 Å². The molecule has 2 aromatic carbocycles. The smallest absolute Gasteiger partial charge is 0.243 e. The van der Waals surface area contributed by atoms with Crippen molar-refractivity contribution in [3.8, 4) is 0 Å². The van der Waals surface area contributed by atoms with E-state index in [4.69, 9.17) is 4.42 Å². The highest BCUT2D eigenvalue weighted by Crippen LogP contribution is 2.19. The Morgan fingerprint density at radius 2 is 1.71 bits per heavy atom. The zero-order chi connectivity index (χ0) is 20.0. The van der Waals surface area contributed by atoms with E-state index in [2.05, 4.69) is 21.2 Å². The predicted molar refractivity (Wildman–Crippen MR) is 109 cm³/mol. The van der Waals surface area contributed by atoms with Crippen molar-refractivity contribution in [1.29, 1.82) is 0 Å². The van der Waals surface area contributed by atoms with Crippen LogP contribution in [0.25, 0.3) is 0 Å². The molecular formula is C20H19BrN2O4S. The molecule has 1 amide bonds. The third-order valence-electron chi connectivity index (χ3n) is 4.01. The molecule has 0 unspecified atom stereocenters. The summed E-state index contributed by atoms with van der Waals surface area (Å²) in [5.74, 6) is 0.187. The molecule has 0 spiro atoms. The van der Waals surface area contributed by atoms with Gasteiger partial charge in [0.05, 0.1) is 24.2 Å². The number of hydrogen-bond donors (Lipinski definition) is 1. The van der Waals surface area contributed by atoms with E-state index in [1.165, 1.54) is 22.7 Å². The monoisotopic (exact) mass is 462 g/mol. The number of nitrogens with one attached hydrogen (secondary N) is 1. The highest BCUT2D eigenvalue weighted by molar-refractivity contribution is 9.10. The molecule has 0 radical (unpaired) electrons. The van der Waals surface area contributed by atoms with Crippen molar-refractivity contribution in [2.45, 2.75) is 18.0 Å². The second kappa shape index (κ2) is 9.18. The maximum Gasteiger partial charge on any atom is 0.243 e. The van der Waals surface area contributed by atoms with Gasteiger partial charge in [0.1, 0.15) is 5.76 Å². The van der Waals surface area contributed by atoms with Gasteiger partial charge in [-0.2, -0.15) is 4.31 Å². The van der Waals surface area contributed by atoms with Gasteiger partial charge in [-0.05, 0) is 42.0 Å². The maximum absolute atomic E-state index is 13.1. The van der Waals surface area contributed by atoms with E-state index in [9.17, 15) is 13.2 Å². The molecule has 0 aliphatic carbocycles. The normalized spacial score (nSPS) is 11.5. The number of rotatable bonds is 8. The largest absolute Gasteiger partial charge is 0.467 e. The van der Waals surface area contributed by atoms with Crippen LogP contribution in [-0.2, 0) is 27.9 Å². The molecule has 1 aromatic heterocycles. The average Bonchev–Trinajstić information content (AvgIpc) is 3.22. The Morgan fingerprint density at radius 1 is 1.00 bits per heavy atom. The Labute approximate surface area is 172 Å². The van der Waals surface area contributed by atoms with Crippen molar-refractivity contribution in [3.63, 3.8) is 0 Å². The summed E-state index contributed by atoms with van der Waals surface area (Å²) in [5.41, 5.74) is 0.779. The first-order chi connectivity index (χ1) is 13.4. The number of hydrogen-bond acceptors (Lipinski definition) is 4. The first-order valence-corrected chi connectivity index (χ1v) is 10.8. The van der Waals surface area contributed by atoms with Gasteiger partial charge in [0, 0.05) is 11.0 Å². The standard InChI is InChI=1S/C20H19BrN2O4S/c21-17-10-8-16(9-11-17)14-23(28(25,26)19-6-2-1-3-7-19)15-20(24)22-13-18-5-4-12-27-18/h1-12H,13-15H2,(H,22,24). The van der Waals surface area contributed by atoms with Crippen LogP contribution in [0.15, 0.2) is 86.8 Å². The number of carbonyl (C=O) groups excluding carboxylic acids is 1. The Balaban J connectivity index is 1.79. The lowest BCUT2D eigenvalue weighted by molar-refractivity contribution is -0.121.